The van der Waals surface area contributed by atoms with Gasteiger partial charge in [-0.3, -0.25) is 0 Å². The van der Waals surface area contributed by atoms with E-state index in [0.717, 1.165) is 0 Å². The zero-order valence-corrected chi connectivity index (χ0v) is 16.0. The first-order valence-corrected chi connectivity index (χ1v) is 11.3. The van der Waals surface area contributed by atoms with Gasteiger partial charge in [-0.1, -0.05) is 60.0 Å². The third-order valence-corrected chi connectivity index (χ3v) is 13.5. The van der Waals surface area contributed by atoms with Crippen LogP contribution >= 0.6 is 0 Å². The maximum Gasteiger partial charge on any atom is 0.316 e. The molecule has 0 N–H and O–H groups in total. The van der Waals surface area contributed by atoms with Gasteiger partial charge in [0, 0.05) is 6.08 Å². The molecular formula is C19H34O2Si. The Labute approximate surface area is 137 Å². The van der Waals surface area contributed by atoms with E-state index in [1.165, 1.54) is 57.4 Å². The van der Waals surface area contributed by atoms with Crippen molar-refractivity contribution in [2.24, 2.45) is 5.92 Å². The molecule has 2 nitrogen and oxygen atoms in total. The van der Waals surface area contributed by atoms with Crippen LogP contribution in [0.2, 0.25) is 16.1 Å². The van der Waals surface area contributed by atoms with E-state index in [4.69, 9.17) is 4.43 Å². The molecule has 0 aromatic heterocycles. The summed E-state index contributed by atoms with van der Waals surface area (Å²) in [7, 11) is -2.22. The lowest BCUT2D eigenvalue weighted by atomic mass is 9.99. The van der Waals surface area contributed by atoms with Crippen LogP contribution in [0.15, 0.2) is 12.7 Å². The van der Waals surface area contributed by atoms with Crippen LogP contribution < -0.4 is 0 Å². The molecule has 3 heteroatoms. The van der Waals surface area contributed by atoms with Crippen LogP contribution in [0.1, 0.15) is 79.1 Å². The van der Waals surface area contributed by atoms with E-state index in [2.05, 4.69) is 34.3 Å². The van der Waals surface area contributed by atoms with Crippen molar-refractivity contribution in [2.75, 3.05) is 0 Å². The minimum absolute atomic E-state index is 0.121. The van der Waals surface area contributed by atoms with Crippen LogP contribution in [0, 0.1) is 5.92 Å². The Kier molecular flexibility index (Phi) is 5.57. The molecule has 0 spiro atoms. The number of rotatable bonds is 6. The van der Waals surface area contributed by atoms with Gasteiger partial charge < -0.3 is 4.43 Å². The van der Waals surface area contributed by atoms with Gasteiger partial charge in [0.25, 0.3) is 8.32 Å². The van der Waals surface area contributed by atoms with Gasteiger partial charge in [-0.2, -0.15) is 0 Å². The molecule has 2 saturated carbocycles. The van der Waals surface area contributed by atoms with Crippen molar-refractivity contribution in [3.63, 3.8) is 0 Å². The molecule has 2 aliphatic carbocycles. The van der Waals surface area contributed by atoms with Gasteiger partial charge in [0.1, 0.15) is 0 Å². The molecule has 0 saturated heterocycles. The zero-order chi connectivity index (χ0) is 16.4. The molecule has 0 radical (unpaired) electrons. The average molecular weight is 323 g/mol. The van der Waals surface area contributed by atoms with Crippen molar-refractivity contribution in [1.82, 2.24) is 0 Å². The summed E-state index contributed by atoms with van der Waals surface area (Å²) in [6.45, 7) is 13.1. The highest BCUT2D eigenvalue weighted by molar-refractivity contribution is 6.81. The summed E-state index contributed by atoms with van der Waals surface area (Å²) in [5.41, 5.74) is 1.30. The third kappa shape index (κ3) is 2.93. The Hall–Kier alpha value is -0.573. The van der Waals surface area contributed by atoms with Crippen LogP contribution in [0.5, 0.6) is 0 Å². The summed E-state index contributed by atoms with van der Waals surface area (Å²) < 4.78 is 6.46. The van der Waals surface area contributed by atoms with Crippen molar-refractivity contribution in [1.29, 1.82) is 0 Å². The number of carbonyl (C=O) groups excluding carboxylic acids is 1. The molecular weight excluding hydrogens is 288 g/mol. The summed E-state index contributed by atoms with van der Waals surface area (Å²) in [6, 6.07) is 0. The highest BCUT2D eigenvalue weighted by atomic mass is 28.4. The lowest BCUT2D eigenvalue weighted by molar-refractivity contribution is -0.130. The first-order valence-electron chi connectivity index (χ1n) is 9.21. The molecule has 2 rings (SSSR count). The van der Waals surface area contributed by atoms with Gasteiger partial charge in [0.15, 0.2) is 0 Å². The van der Waals surface area contributed by atoms with Gasteiger partial charge in [-0.25, -0.2) is 4.79 Å². The minimum Gasteiger partial charge on any atom is -0.515 e. The van der Waals surface area contributed by atoms with Crippen LogP contribution in [0.3, 0.4) is 0 Å². The van der Waals surface area contributed by atoms with Crippen molar-refractivity contribution in [2.45, 2.75) is 95.2 Å². The summed E-state index contributed by atoms with van der Waals surface area (Å²) in [5, 5.41) is 0.121. The van der Waals surface area contributed by atoms with E-state index in [1.54, 1.807) is 0 Å². The molecule has 0 aromatic rings. The van der Waals surface area contributed by atoms with E-state index >= 15 is 0 Å². The Morgan fingerprint density at radius 3 is 1.82 bits per heavy atom. The fourth-order valence-electron chi connectivity index (χ4n) is 5.05. The van der Waals surface area contributed by atoms with E-state index in [1.807, 2.05) is 0 Å². The van der Waals surface area contributed by atoms with Gasteiger partial charge >= 0.3 is 5.97 Å². The predicted molar refractivity (Wildman–Crippen MR) is 95.4 cm³/mol. The Morgan fingerprint density at radius 1 is 1.09 bits per heavy atom. The largest absolute Gasteiger partial charge is 0.515 e. The maximum absolute atomic E-state index is 12.3. The van der Waals surface area contributed by atoms with Gasteiger partial charge in [0.05, 0.1) is 0 Å². The van der Waals surface area contributed by atoms with Gasteiger partial charge in [-0.05, 0) is 47.7 Å². The fraction of sp³-hybridized carbons (Fsp3) is 0.842. The molecule has 22 heavy (non-hydrogen) atoms. The molecule has 0 amide bonds. The second-order valence-corrected chi connectivity index (χ2v) is 13.0. The first-order chi connectivity index (χ1) is 10.4. The molecule has 2 aliphatic rings. The van der Waals surface area contributed by atoms with Crippen molar-refractivity contribution in [3.05, 3.63) is 12.7 Å². The second-order valence-electron chi connectivity index (χ2n) is 8.26. The van der Waals surface area contributed by atoms with Crippen LogP contribution in [0.25, 0.3) is 0 Å². The molecule has 0 aliphatic heterocycles. The highest BCUT2D eigenvalue weighted by Crippen LogP contribution is 2.62. The van der Waals surface area contributed by atoms with Crippen LogP contribution in [-0.2, 0) is 9.22 Å². The summed E-state index contributed by atoms with van der Waals surface area (Å²) in [4.78, 5) is 12.3. The van der Waals surface area contributed by atoms with Crippen LogP contribution in [0.4, 0.5) is 0 Å². The van der Waals surface area contributed by atoms with E-state index in [0.29, 0.717) is 17.0 Å². The Balaban J connectivity index is 2.50. The number of hydrogen-bond donors (Lipinski definition) is 0. The number of hydrogen-bond acceptors (Lipinski definition) is 2. The van der Waals surface area contributed by atoms with Gasteiger partial charge in [0.2, 0.25) is 0 Å². The lowest BCUT2D eigenvalue weighted by Crippen LogP contribution is -2.57. The summed E-state index contributed by atoms with van der Waals surface area (Å²) in [6.07, 6.45) is 11.7. The SMILES string of the molecule is C=CC(=O)O[Si](C1CCCC1)(C1CCCC1)C(C)(C)C(C)C. The predicted octanol–water partition coefficient (Wildman–Crippen LogP) is 5.99. The highest BCUT2D eigenvalue weighted by Gasteiger charge is 2.62. The molecule has 0 bridgehead atoms. The van der Waals surface area contributed by atoms with E-state index in [9.17, 15) is 4.79 Å². The topological polar surface area (TPSA) is 26.3 Å². The Morgan fingerprint density at radius 2 is 1.50 bits per heavy atom. The molecule has 2 fully saturated rings. The first kappa shape index (κ1) is 17.8. The van der Waals surface area contributed by atoms with Crippen molar-refractivity contribution < 1.29 is 9.22 Å². The van der Waals surface area contributed by atoms with Gasteiger partial charge in [-0.15, -0.1) is 0 Å². The van der Waals surface area contributed by atoms with Crippen LogP contribution in [-0.4, -0.2) is 14.3 Å². The zero-order valence-electron chi connectivity index (χ0n) is 15.0. The molecule has 0 heterocycles. The molecule has 0 unspecified atom stereocenters. The van der Waals surface area contributed by atoms with Crippen molar-refractivity contribution in [3.8, 4) is 0 Å². The van der Waals surface area contributed by atoms with E-state index in [-0.39, 0.29) is 11.0 Å². The normalized spacial score (nSPS) is 21.5. The standard InChI is InChI=1S/C19H34O2Si/c1-6-18(20)21-22(16-11-7-8-12-16,17-13-9-10-14-17)19(4,5)15(2)3/h6,15-17H,1,7-14H2,2-5H3. The maximum atomic E-state index is 12.3. The molecule has 0 aromatic carbocycles. The third-order valence-electron chi connectivity index (χ3n) is 6.81. The lowest BCUT2D eigenvalue weighted by Gasteiger charge is -2.52. The molecule has 0 atom stereocenters. The summed E-state index contributed by atoms with van der Waals surface area (Å²) in [5.74, 6) is 0.372. The Bertz CT molecular complexity index is 386. The summed E-state index contributed by atoms with van der Waals surface area (Å²) >= 11 is 0. The van der Waals surface area contributed by atoms with Crippen molar-refractivity contribution >= 4 is 14.3 Å². The molecule has 126 valence electrons. The van der Waals surface area contributed by atoms with E-state index < -0.39 is 8.32 Å². The smallest absolute Gasteiger partial charge is 0.316 e. The monoisotopic (exact) mass is 322 g/mol. The minimum atomic E-state index is -2.22. The quantitative estimate of drug-likeness (QED) is 0.444. The fourth-order valence-corrected chi connectivity index (χ4v) is 12.3. The number of carbonyl (C=O) groups is 1. The second kappa shape index (κ2) is 6.90. The average Bonchev–Trinajstić information content (AvgIpc) is 3.16.